The summed E-state index contributed by atoms with van der Waals surface area (Å²) in [6, 6.07) is 62.4. The zero-order valence-electron chi connectivity index (χ0n) is 52.5. The van der Waals surface area contributed by atoms with Gasteiger partial charge in [0.25, 0.3) is 0 Å². The van der Waals surface area contributed by atoms with Gasteiger partial charge in [0, 0.05) is 60.5 Å². The van der Waals surface area contributed by atoms with Crippen molar-refractivity contribution in [2.45, 2.75) is 142 Å². The van der Waals surface area contributed by atoms with E-state index in [9.17, 15) is 0 Å². The molecule has 8 aromatic carbocycles. The van der Waals surface area contributed by atoms with Crippen LogP contribution in [-0.4, -0.2) is 33.0 Å². The number of benzene rings is 8. The highest BCUT2D eigenvalue weighted by molar-refractivity contribution is 9.10. The Hall–Kier alpha value is -6.36. The number of hydrogen-bond acceptors (Lipinski definition) is 6. The summed E-state index contributed by atoms with van der Waals surface area (Å²) in [5.41, 5.74) is 23.8. The molecule has 2 heterocycles. The van der Waals surface area contributed by atoms with Crippen LogP contribution in [0.15, 0.2) is 197 Å². The van der Waals surface area contributed by atoms with Crippen molar-refractivity contribution in [3.63, 3.8) is 0 Å². The third-order valence-corrected chi connectivity index (χ3v) is 19.8. The van der Waals surface area contributed by atoms with Crippen LogP contribution in [-0.2, 0) is 40.6 Å². The predicted molar refractivity (Wildman–Crippen MR) is 368 cm³/mol. The maximum Gasteiger partial charge on any atom is 0.184 e. The summed E-state index contributed by atoms with van der Waals surface area (Å²) in [4.78, 5) is 4.81. The van der Waals surface area contributed by atoms with E-state index in [0.717, 1.165) is 87.0 Å². The molecule has 8 aromatic rings. The lowest BCUT2D eigenvalue weighted by atomic mass is 9.66. The summed E-state index contributed by atoms with van der Waals surface area (Å²) in [5, 5.41) is 0. The average molecular weight is 1290 g/mol. The number of fused-ring (bicyclic) bond motifs is 6. The normalized spacial score (nSPS) is 17.4. The third kappa shape index (κ3) is 11.5. The van der Waals surface area contributed by atoms with Gasteiger partial charge in [-0.2, -0.15) is 0 Å². The molecular formula is C79H84Br2N2O4. The van der Waals surface area contributed by atoms with Crippen LogP contribution in [0.1, 0.15) is 169 Å². The highest BCUT2D eigenvalue weighted by atomic mass is 79.9. The number of ether oxygens (including phenoxy) is 4. The second-order valence-electron chi connectivity index (χ2n) is 26.4. The minimum absolute atomic E-state index is 0.00976. The van der Waals surface area contributed by atoms with E-state index < -0.39 is 5.41 Å². The van der Waals surface area contributed by atoms with E-state index in [1.165, 1.54) is 72.3 Å². The van der Waals surface area contributed by atoms with Gasteiger partial charge in [-0.05, 0) is 207 Å². The molecule has 0 saturated carbocycles. The van der Waals surface area contributed by atoms with E-state index in [-0.39, 0.29) is 28.8 Å². The molecule has 0 aromatic heterocycles. The first-order valence-electron chi connectivity index (χ1n) is 31.7. The number of halogens is 2. The summed E-state index contributed by atoms with van der Waals surface area (Å²) < 4.78 is 26.0. The molecule has 2 aliphatic carbocycles. The largest absolute Gasteiger partial charge is 0.346 e. The van der Waals surface area contributed by atoms with Gasteiger partial charge in [-0.15, -0.1) is 0 Å². The Balaban J connectivity index is 1.06. The fourth-order valence-electron chi connectivity index (χ4n) is 14.3. The molecule has 0 amide bonds. The first kappa shape index (κ1) is 60.9. The Morgan fingerprint density at radius 2 is 0.977 bits per heavy atom. The molecule has 448 valence electrons. The van der Waals surface area contributed by atoms with Crippen LogP contribution in [0.3, 0.4) is 0 Å². The van der Waals surface area contributed by atoms with Crippen molar-refractivity contribution >= 4 is 60.3 Å². The minimum atomic E-state index is -0.740. The van der Waals surface area contributed by atoms with E-state index in [0.29, 0.717) is 33.0 Å². The van der Waals surface area contributed by atoms with Gasteiger partial charge in [0.15, 0.2) is 12.6 Å². The van der Waals surface area contributed by atoms with Crippen LogP contribution < -0.4 is 9.80 Å². The van der Waals surface area contributed by atoms with Gasteiger partial charge in [-0.25, -0.2) is 0 Å². The number of nitrogens with zero attached hydrogens (tertiary/aromatic N) is 2. The van der Waals surface area contributed by atoms with Crippen molar-refractivity contribution in [1.29, 1.82) is 0 Å². The van der Waals surface area contributed by atoms with Crippen LogP contribution in [0.4, 0.5) is 28.4 Å². The lowest BCUT2D eigenvalue weighted by molar-refractivity contribution is -0.0443. The molecule has 8 heteroatoms. The lowest BCUT2D eigenvalue weighted by Gasteiger charge is -2.36. The standard InChI is InChI=1S/C79H84Br2N2O4/c1-11-14-40-78(41-15-12-2)69-48-59(80)28-39-66(69)67-50-71-68(51-70(67)78)73-52(4)47-60(81)49-72(73)79(71,55(13-3)17-16-42-82(62-33-22-56(23-34-62)76(5,6)7)61-29-18-53(19-30-61)74-84-43-44-85-74)58-26-37-65(38-27-58)83(64-35-24-57(25-36-64)77(8,9)10)63-31-20-54(21-32-63)75-86-45-46-87-75/h13,16-39,47-51,74-75H,11-12,14-15,40-46H2,1-10H3. The van der Waals surface area contributed by atoms with Crippen LogP contribution in [0.2, 0.25) is 0 Å². The number of aryl methyl sites for hydroxylation is 1. The van der Waals surface area contributed by atoms with Crippen molar-refractivity contribution in [2.24, 2.45) is 0 Å². The molecule has 87 heavy (non-hydrogen) atoms. The molecule has 0 bridgehead atoms. The molecule has 12 rings (SSSR count). The molecule has 2 saturated heterocycles. The first-order chi connectivity index (χ1) is 42.0. The second-order valence-corrected chi connectivity index (χ2v) is 28.2. The quantitative estimate of drug-likeness (QED) is 0.0798. The molecule has 0 radical (unpaired) electrons. The number of anilines is 5. The second kappa shape index (κ2) is 24.9. The molecule has 2 aliphatic heterocycles. The number of allylic oxidation sites excluding steroid dienone is 3. The smallest absolute Gasteiger partial charge is 0.184 e. The van der Waals surface area contributed by atoms with E-state index >= 15 is 0 Å². The average Bonchev–Trinajstić information content (AvgIpc) is 1.54. The molecule has 4 aliphatic rings. The van der Waals surface area contributed by atoms with Crippen molar-refractivity contribution in [3.8, 4) is 22.3 Å². The Kier molecular flexibility index (Phi) is 17.4. The first-order valence-corrected chi connectivity index (χ1v) is 33.2. The monoisotopic (exact) mass is 1280 g/mol. The van der Waals surface area contributed by atoms with Crippen LogP contribution in [0.5, 0.6) is 0 Å². The highest BCUT2D eigenvalue weighted by Crippen LogP contribution is 2.63. The van der Waals surface area contributed by atoms with E-state index in [2.05, 4.69) is 293 Å². The Bertz CT molecular complexity index is 3810. The molecule has 6 nitrogen and oxygen atoms in total. The molecule has 0 N–H and O–H groups in total. The molecular weight excluding hydrogens is 1200 g/mol. The van der Waals surface area contributed by atoms with Gasteiger partial charge in [0.1, 0.15) is 0 Å². The van der Waals surface area contributed by atoms with Gasteiger partial charge in [-0.1, -0.05) is 198 Å². The Morgan fingerprint density at radius 3 is 1.48 bits per heavy atom. The number of rotatable bonds is 18. The minimum Gasteiger partial charge on any atom is -0.346 e. The lowest BCUT2D eigenvalue weighted by Crippen LogP contribution is -2.30. The SMILES string of the molecule is CC=C(C=CCN(c1ccc(C2OCCO2)cc1)c1ccc(C(C)(C)C)cc1)C1(c2ccc(N(c3ccc(C4OCCO4)cc3)c3ccc(C(C)(C)C)cc3)cc2)c2cc3c(cc2-c2c(C)cc(Br)cc21)C(CCCC)(CCCC)c1cc(Br)ccc1-3. The highest BCUT2D eigenvalue weighted by Gasteiger charge is 2.51. The topological polar surface area (TPSA) is 43.4 Å². The number of unbranched alkanes of at least 4 members (excludes halogenated alkanes) is 2. The third-order valence-electron chi connectivity index (χ3n) is 18.8. The Morgan fingerprint density at radius 1 is 0.517 bits per heavy atom. The molecule has 2 fully saturated rings. The fourth-order valence-corrected chi connectivity index (χ4v) is 15.2. The maximum atomic E-state index is 5.96. The van der Waals surface area contributed by atoms with Crippen LogP contribution in [0, 0.1) is 6.92 Å². The summed E-state index contributed by atoms with van der Waals surface area (Å²) >= 11 is 8.10. The van der Waals surface area contributed by atoms with Crippen LogP contribution >= 0.6 is 31.9 Å². The summed E-state index contributed by atoms with van der Waals surface area (Å²) in [6.45, 7) is 25.9. The summed E-state index contributed by atoms with van der Waals surface area (Å²) in [6.07, 6.45) is 13.3. The summed E-state index contributed by atoms with van der Waals surface area (Å²) in [7, 11) is 0. The molecule has 1 atom stereocenters. The van der Waals surface area contributed by atoms with E-state index in [1.54, 1.807) is 0 Å². The fraction of sp³-hybridized carbons (Fsp3) is 0.342. The van der Waals surface area contributed by atoms with Crippen molar-refractivity contribution in [2.75, 3.05) is 42.8 Å². The van der Waals surface area contributed by atoms with Gasteiger partial charge in [0.05, 0.1) is 31.8 Å². The van der Waals surface area contributed by atoms with Crippen molar-refractivity contribution in [1.82, 2.24) is 0 Å². The van der Waals surface area contributed by atoms with Gasteiger partial charge in [0.2, 0.25) is 0 Å². The zero-order chi connectivity index (χ0) is 60.8. The van der Waals surface area contributed by atoms with Crippen molar-refractivity contribution < 1.29 is 18.9 Å². The summed E-state index contributed by atoms with van der Waals surface area (Å²) in [5.74, 6) is 0. The zero-order valence-corrected chi connectivity index (χ0v) is 55.7. The van der Waals surface area contributed by atoms with Gasteiger partial charge in [-0.3, -0.25) is 0 Å². The maximum absolute atomic E-state index is 5.96. The molecule has 0 spiro atoms. The van der Waals surface area contributed by atoms with Crippen LogP contribution in [0.25, 0.3) is 22.3 Å². The van der Waals surface area contributed by atoms with E-state index in [4.69, 9.17) is 18.9 Å². The van der Waals surface area contributed by atoms with Gasteiger partial charge < -0.3 is 28.7 Å². The predicted octanol–water partition coefficient (Wildman–Crippen LogP) is 22.0. The number of hydrogen-bond donors (Lipinski definition) is 0. The molecule has 1 unspecified atom stereocenters. The van der Waals surface area contributed by atoms with Crippen molar-refractivity contribution in [3.05, 3.63) is 252 Å². The van der Waals surface area contributed by atoms with Gasteiger partial charge >= 0.3 is 0 Å². The van der Waals surface area contributed by atoms with E-state index in [1.807, 2.05) is 0 Å². The Labute approximate surface area is 534 Å².